The Morgan fingerprint density at radius 2 is 2.00 bits per heavy atom. The average molecular weight is 388 g/mol. The monoisotopic (exact) mass is 388 g/mol. The highest BCUT2D eigenvalue weighted by Crippen LogP contribution is 2.28. The number of aliphatic hydroxyl groups is 3. The highest BCUT2D eigenvalue weighted by molar-refractivity contribution is 5.90. The number of aromatic nitrogens is 2. The lowest BCUT2D eigenvalue weighted by Gasteiger charge is -2.17. The zero-order valence-corrected chi connectivity index (χ0v) is 14.1. The summed E-state index contributed by atoms with van der Waals surface area (Å²) in [6.07, 6.45) is -3.85. The number of rotatable bonds is 9. The quantitative estimate of drug-likeness (QED) is 0.207. The highest BCUT2D eigenvalue weighted by Gasteiger charge is 2.43. The van der Waals surface area contributed by atoms with Gasteiger partial charge >= 0.3 is 5.69 Å². The molecule has 4 atom stereocenters. The molecule has 13 heteroatoms. The van der Waals surface area contributed by atoms with Crippen LogP contribution in [0.15, 0.2) is 17.1 Å². The maximum Gasteiger partial charge on any atom is 0.351 e. The van der Waals surface area contributed by atoms with E-state index in [1.165, 1.54) is 12.3 Å². The van der Waals surface area contributed by atoms with E-state index in [4.69, 9.17) is 25.1 Å². The van der Waals surface area contributed by atoms with E-state index in [1.807, 2.05) is 0 Å². The minimum absolute atomic E-state index is 0.0744. The van der Waals surface area contributed by atoms with Gasteiger partial charge in [-0.1, -0.05) is 0 Å². The van der Waals surface area contributed by atoms with Crippen molar-refractivity contribution in [2.75, 3.05) is 31.9 Å². The fraction of sp³-hybridized carbons (Fsp3) is 0.571. The number of aliphatic hydroxyl groups excluding tert-OH is 3. The summed E-state index contributed by atoms with van der Waals surface area (Å²) in [5, 5.41) is 31.0. The van der Waals surface area contributed by atoms with Gasteiger partial charge < -0.3 is 40.6 Å². The number of amides is 2. The smallest absolute Gasteiger partial charge is 0.351 e. The molecule has 13 nitrogen and oxygen atoms in total. The fourth-order valence-corrected chi connectivity index (χ4v) is 2.30. The number of hydrogen-bond donors (Lipinski definition) is 5. The van der Waals surface area contributed by atoms with Gasteiger partial charge in [0.2, 0.25) is 5.91 Å². The Hall–Kier alpha value is -2.42. The van der Waals surface area contributed by atoms with Crippen LogP contribution in [0, 0.1) is 0 Å². The Bertz CT molecular complexity index is 725. The summed E-state index contributed by atoms with van der Waals surface area (Å²) in [6, 6.07) is 1.28. The molecule has 1 unspecified atom stereocenters. The summed E-state index contributed by atoms with van der Waals surface area (Å²) in [5.74, 6) is -1.38. The summed E-state index contributed by atoms with van der Waals surface area (Å²) in [5.41, 5.74) is 4.00. The van der Waals surface area contributed by atoms with Gasteiger partial charge in [0.15, 0.2) is 6.23 Å². The van der Waals surface area contributed by atoms with Crippen LogP contribution in [0.1, 0.15) is 6.23 Å². The van der Waals surface area contributed by atoms with E-state index in [1.54, 1.807) is 0 Å². The SMILES string of the molecule is NC(=O)COCOCC(=O)Nc1ccn([C@@H]2O[C@H](CO)C(O)[C@@H]2O)c(=O)n1. The van der Waals surface area contributed by atoms with Gasteiger partial charge in [-0.2, -0.15) is 4.98 Å². The molecule has 0 saturated carbocycles. The van der Waals surface area contributed by atoms with Gasteiger partial charge in [-0.25, -0.2) is 4.79 Å². The lowest BCUT2D eigenvalue weighted by molar-refractivity contribution is -0.133. The molecule has 0 aliphatic carbocycles. The van der Waals surface area contributed by atoms with Crippen molar-refractivity contribution in [3.05, 3.63) is 22.7 Å². The van der Waals surface area contributed by atoms with Crippen LogP contribution in [0.3, 0.4) is 0 Å². The third-order valence-corrected chi connectivity index (χ3v) is 3.53. The van der Waals surface area contributed by atoms with E-state index in [0.29, 0.717) is 0 Å². The van der Waals surface area contributed by atoms with E-state index in [9.17, 15) is 24.6 Å². The van der Waals surface area contributed by atoms with E-state index in [2.05, 4.69) is 10.3 Å². The normalized spacial score (nSPS) is 24.7. The van der Waals surface area contributed by atoms with Crippen LogP contribution in [-0.4, -0.2) is 81.6 Å². The van der Waals surface area contributed by atoms with Gasteiger partial charge in [0, 0.05) is 6.20 Å². The molecule has 1 fully saturated rings. The van der Waals surface area contributed by atoms with Crippen LogP contribution >= 0.6 is 0 Å². The first-order valence-electron chi connectivity index (χ1n) is 7.78. The molecule has 1 aliphatic heterocycles. The minimum Gasteiger partial charge on any atom is -0.394 e. The van der Waals surface area contributed by atoms with Crippen molar-refractivity contribution in [3.63, 3.8) is 0 Å². The summed E-state index contributed by atoms with van der Waals surface area (Å²) in [4.78, 5) is 37.8. The number of primary amides is 1. The van der Waals surface area contributed by atoms with Gasteiger partial charge in [-0.05, 0) is 6.07 Å². The molecule has 1 aliphatic rings. The van der Waals surface area contributed by atoms with Crippen LogP contribution in [0.5, 0.6) is 0 Å². The van der Waals surface area contributed by atoms with E-state index in [-0.39, 0.29) is 19.2 Å². The van der Waals surface area contributed by atoms with Crippen molar-refractivity contribution in [2.45, 2.75) is 24.5 Å². The third-order valence-electron chi connectivity index (χ3n) is 3.53. The van der Waals surface area contributed by atoms with Crippen molar-refractivity contribution in [2.24, 2.45) is 5.73 Å². The van der Waals surface area contributed by atoms with Crippen LogP contribution < -0.4 is 16.7 Å². The number of anilines is 1. The Labute approximate surface area is 152 Å². The number of nitrogens with one attached hydrogen (secondary N) is 1. The third kappa shape index (κ3) is 5.53. The first-order chi connectivity index (χ1) is 12.8. The largest absolute Gasteiger partial charge is 0.394 e. The summed E-state index contributed by atoms with van der Waals surface area (Å²) < 4.78 is 15.7. The number of carbonyl (C=O) groups excluding carboxylic acids is 2. The molecule has 0 spiro atoms. The number of nitrogens with two attached hydrogens (primary N) is 1. The average Bonchev–Trinajstić information content (AvgIpc) is 2.89. The van der Waals surface area contributed by atoms with Gasteiger partial charge in [0.1, 0.15) is 44.1 Å². The topological polar surface area (TPSA) is 195 Å². The Balaban J connectivity index is 1.90. The molecule has 0 bridgehead atoms. The first kappa shape index (κ1) is 20.9. The molecule has 2 amide bonds. The zero-order valence-electron chi connectivity index (χ0n) is 14.1. The lowest BCUT2D eigenvalue weighted by Crippen LogP contribution is -2.36. The van der Waals surface area contributed by atoms with Crippen LogP contribution in [0.4, 0.5) is 5.82 Å². The molecular weight excluding hydrogens is 368 g/mol. The predicted molar refractivity (Wildman–Crippen MR) is 86.1 cm³/mol. The minimum atomic E-state index is -1.43. The number of nitrogens with zero attached hydrogens (tertiary/aromatic N) is 2. The molecule has 1 aromatic rings. The van der Waals surface area contributed by atoms with Crippen LogP contribution in [0.2, 0.25) is 0 Å². The second-order valence-corrected chi connectivity index (χ2v) is 5.56. The zero-order chi connectivity index (χ0) is 20.0. The van der Waals surface area contributed by atoms with Crippen molar-refractivity contribution in [3.8, 4) is 0 Å². The lowest BCUT2D eigenvalue weighted by atomic mass is 10.1. The second-order valence-electron chi connectivity index (χ2n) is 5.56. The summed E-state index contributed by atoms with van der Waals surface area (Å²) in [7, 11) is 0. The maximum absolute atomic E-state index is 12.1. The molecule has 27 heavy (non-hydrogen) atoms. The predicted octanol–water partition coefficient (Wildman–Crippen LogP) is -3.73. The van der Waals surface area contributed by atoms with Crippen molar-refractivity contribution in [1.82, 2.24) is 9.55 Å². The summed E-state index contributed by atoms with van der Waals surface area (Å²) >= 11 is 0. The van der Waals surface area contributed by atoms with Gasteiger partial charge in [0.05, 0.1) is 6.61 Å². The number of hydrogen-bond acceptors (Lipinski definition) is 10. The fourth-order valence-electron chi connectivity index (χ4n) is 2.30. The molecule has 1 saturated heterocycles. The molecule has 2 heterocycles. The molecule has 0 radical (unpaired) electrons. The first-order valence-corrected chi connectivity index (χ1v) is 7.78. The van der Waals surface area contributed by atoms with Crippen molar-refractivity contribution in [1.29, 1.82) is 0 Å². The van der Waals surface area contributed by atoms with Crippen LogP contribution in [-0.2, 0) is 23.8 Å². The van der Waals surface area contributed by atoms with Gasteiger partial charge in [-0.15, -0.1) is 0 Å². The standard InChI is InChI=1S/C14H20N4O9/c15-8(20)4-25-6-26-5-10(21)16-9-1-2-18(14(24)17-9)13-12(23)11(22)7(3-19)27-13/h1-2,7,11-13,19,22-23H,3-6H2,(H2,15,20)(H,16,17,21,24)/t7-,11?,12+,13-/m1/s1. The maximum atomic E-state index is 12.1. The molecule has 6 N–H and O–H groups in total. The van der Waals surface area contributed by atoms with Gasteiger partial charge in [-0.3, -0.25) is 14.2 Å². The molecule has 2 rings (SSSR count). The highest BCUT2D eigenvalue weighted by atomic mass is 16.7. The van der Waals surface area contributed by atoms with E-state index < -0.39 is 55.3 Å². The number of carbonyl (C=O) groups is 2. The van der Waals surface area contributed by atoms with E-state index in [0.717, 1.165) is 4.57 Å². The second kappa shape index (κ2) is 9.50. The molecule has 1 aromatic heterocycles. The van der Waals surface area contributed by atoms with E-state index >= 15 is 0 Å². The Morgan fingerprint density at radius 1 is 1.30 bits per heavy atom. The molecule has 150 valence electrons. The summed E-state index contributed by atoms with van der Waals surface area (Å²) in [6.45, 7) is -1.62. The van der Waals surface area contributed by atoms with Gasteiger partial charge in [0.25, 0.3) is 5.91 Å². The number of ether oxygens (including phenoxy) is 3. The Kier molecular flexibility index (Phi) is 7.35. The van der Waals surface area contributed by atoms with Crippen molar-refractivity contribution < 1.29 is 39.1 Å². The van der Waals surface area contributed by atoms with Crippen molar-refractivity contribution >= 4 is 17.6 Å². The molecule has 0 aromatic carbocycles. The Morgan fingerprint density at radius 3 is 2.59 bits per heavy atom. The van der Waals surface area contributed by atoms with Crippen LogP contribution in [0.25, 0.3) is 0 Å². The molecular formula is C14H20N4O9.